The van der Waals surface area contributed by atoms with Crippen LogP contribution in [0.4, 0.5) is 4.39 Å². The van der Waals surface area contributed by atoms with E-state index in [1.807, 2.05) is 0 Å². The van der Waals surface area contributed by atoms with Crippen molar-refractivity contribution in [2.24, 2.45) is 5.73 Å². The first kappa shape index (κ1) is 10.7. The third-order valence-electron chi connectivity index (χ3n) is 1.94. The Bertz CT molecular complexity index is 362. The molecule has 2 heteroatoms. The van der Waals surface area contributed by atoms with Crippen molar-refractivity contribution in [1.29, 1.82) is 0 Å². The summed E-state index contributed by atoms with van der Waals surface area (Å²) in [4.78, 5) is 0. The van der Waals surface area contributed by atoms with Gasteiger partial charge in [0.2, 0.25) is 0 Å². The SMILES string of the molecule is Cc1cc(C#CCCN)cc(C)c1F. The monoisotopic (exact) mass is 191 g/mol. The minimum Gasteiger partial charge on any atom is -0.330 e. The summed E-state index contributed by atoms with van der Waals surface area (Å²) in [5.74, 6) is 5.74. The van der Waals surface area contributed by atoms with Crippen molar-refractivity contribution < 1.29 is 4.39 Å². The Kier molecular flexibility index (Phi) is 3.67. The van der Waals surface area contributed by atoms with Crippen molar-refractivity contribution in [2.75, 3.05) is 6.54 Å². The van der Waals surface area contributed by atoms with Crippen LogP contribution in [0.2, 0.25) is 0 Å². The van der Waals surface area contributed by atoms with Crippen LogP contribution in [0.25, 0.3) is 0 Å². The zero-order valence-electron chi connectivity index (χ0n) is 8.52. The molecule has 0 aliphatic rings. The molecule has 0 atom stereocenters. The van der Waals surface area contributed by atoms with Crippen LogP contribution in [0.5, 0.6) is 0 Å². The molecule has 0 fully saturated rings. The lowest BCUT2D eigenvalue weighted by Gasteiger charge is -2.01. The van der Waals surface area contributed by atoms with Gasteiger partial charge in [0, 0.05) is 18.5 Å². The molecule has 0 aromatic heterocycles. The maximum Gasteiger partial charge on any atom is 0.129 e. The highest BCUT2D eigenvalue weighted by molar-refractivity contribution is 5.40. The molecule has 0 spiro atoms. The van der Waals surface area contributed by atoms with E-state index in [4.69, 9.17) is 5.73 Å². The van der Waals surface area contributed by atoms with Gasteiger partial charge in [-0.05, 0) is 37.1 Å². The van der Waals surface area contributed by atoms with Crippen molar-refractivity contribution in [3.63, 3.8) is 0 Å². The molecule has 1 nitrogen and oxygen atoms in total. The Morgan fingerprint density at radius 1 is 1.29 bits per heavy atom. The first-order valence-corrected chi connectivity index (χ1v) is 4.61. The number of rotatable bonds is 1. The van der Waals surface area contributed by atoms with Gasteiger partial charge in [-0.25, -0.2) is 4.39 Å². The lowest BCUT2D eigenvalue weighted by Crippen LogP contribution is -1.95. The Labute approximate surface area is 84.1 Å². The summed E-state index contributed by atoms with van der Waals surface area (Å²) in [6.07, 6.45) is 0.676. The molecule has 0 unspecified atom stereocenters. The van der Waals surface area contributed by atoms with E-state index in [2.05, 4.69) is 11.8 Å². The van der Waals surface area contributed by atoms with Crippen LogP contribution in [0.15, 0.2) is 12.1 Å². The van der Waals surface area contributed by atoms with Crippen LogP contribution in [-0.4, -0.2) is 6.54 Å². The lowest BCUT2D eigenvalue weighted by atomic mass is 10.1. The maximum absolute atomic E-state index is 13.2. The van der Waals surface area contributed by atoms with Gasteiger partial charge in [0.25, 0.3) is 0 Å². The number of hydrogen-bond donors (Lipinski definition) is 1. The molecule has 0 heterocycles. The van der Waals surface area contributed by atoms with E-state index in [0.29, 0.717) is 24.1 Å². The summed E-state index contributed by atoms with van der Waals surface area (Å²) in [5.41, 5.74) is 7.45. The number of hydrogen-bond acceptors (Lipinski definition) is 1. The molecule has 1 rings (SSSR count). The van der Waals surface area contributed by atoms with Crippen molar-refractivity contribution in [1.82, 2.24) is 0 Å². The molecule has 0 aliphatic carbocycles. The van der Waals surface area contributed by atoms with Gasteiger partial charge >= 0.3 is 0 Å². The van der Waals surface area contributed by atoms with Crippen molar-refractivity contribution >= 4 is 0 Å². The Hall–Kier alpha value is -1.33. The smallest absolute Gasteiger partial charge is 0.129 e. The van der Waals surface area contributed by atoms with E-state index in [9.17, 15) is 4.39 Å². The summed E-state index contributed by atoms with van der Waals surface area (Å²) in [6, 6.07) is 3.51. The average molecular weight is 191 g/mol. The van der Waals surface area contributed by atoms with Crippen LogP contribution >= 0.6 is 0 Å². The van der Waals surface area contributed by atoms with E-state index in [0.717, 1.165) is 5.56 Å². The molecule has 74 valence electrons. The molecular weight excluding hydrogens is 177 g/mol. The van der Waals surface area contributed by atoms with Crippen molar-refractivity contribution in [3.05, 3.63) is 34.6 Å². The molecule has 0 radical (unpaired) electrons. The fourth-order valence-electron chi connectivity index (χ4n) is 1.25. The fraction of sp³-hybridized carbons (Fsp3) is 0.333. The second kappa shape index (κ2) is 4.78. The predicted molar refractivity (Wildman–Crippen MR) is 56.4 cm³/mol. The highest BCUT2D eigenvalue weighted by Gasteiger charge is 2.01. The van der Waals surface area contributed by atoms with Gasteiger partial charge in [-0.1, -0.05) is 11.8 Å². The predicted octanol–water partition coefficient (Wildman–Crippen LogP) is 2.14. The molecular formula is C12H14FN. The number of aryl methyl sites for hydroxylation is 2. The fourth-order valence-corrected chi connectivity index (χ4v) is 1.25. The van der Waals surface area contributed by atoms with Gasteiger partial charge in [0.15, 0.2) is 0 Å². The van der Waals surface area contributed by atoms with Crippen LogP contribution in [-0.2, 0) is 0 Å². The van der Waals surface area contributed by atoms with Gasteiger partial charge < -0.3 is 5.73 Å². The van der Waals surface area contributed by atoms with E-state index < -0.39 is 0 Å². The number of nitrogens with two attached hydrogens (primary N) is 1. The summed E-state index contributed by atoms with van der Waals surface area (Å²) < 4.78 is 13.2. The quantitative estimate of drug-likeness (QED) is 0.676. The van der Waals surface area contributed by atoms with Gasteiger partial charge in [0.1, 0.15) is 5.82 Å². The first-order valence-electron chi connectivity index (χ1n) is 4.61. The zero-order chi connectivity index (χ0) is 10.6. The van der Waals surface area contributed by atoms with Crippen molar-refractivity contribution in [2.45, 2.75) is 20.3 Å². The Balaban J connectivity index is 2.97. The van der Waals surface area contributed by atoms with E-state index >= 15 is 0 Å². The van der Waals surface area contributed by atoms with Gasteiger partial charge in [-0.2, -0.15) is 0 Å². The second-order valence-electron chi connectivity index (χ2n) is 3.26. The minimum atomic E-state index is -0.144. The van der Waals surface area contributed by atoms with E-state index in [1.165, 1.54) is 0 Å². The topological polar surface area (TPSA) is 26.0 Å². The third-order valence-corrected chi connectivity index (χ3v) is 1.94. The standard InChI is InChI=1S/C12H14FN/c1-9-7-11(5-3-4-6-14)8-10(2)12(9)13/h7-8H,4,6,14H2,1-2H3. The second-order valence-corrected chi connectivity index (χ2v) is 3.26. The molecule has 14 heavy (non-hydrogen) atoms. The Morgan fingerprint density at radius 2 is 1.86 bits per heavy atom. The van der Waals surface area contributed by atoms with Gasteiger partial charge in [-0.15, -0.1) is 0 Å². The molecule has 0 amide bonds. The molecule has 2 N–H and O–H groups in total. The lowest BCUT2D eigenvalue weighted by molar-refractivity contribution is 0.609. The summed E-state index contributed by atoms with van der Waals surface area (Å²) in [7, 11) is 0. The number of halogens is 1. The zero-order valence-corrected chi connectivity index (χ0v) is 8.52. The third kappa shape index (κ3) is 2.58. The first-order chi connectivity index (χ1) is 6.65. The summed E-state index contributed by atoms with van der Waals surface area (Å²) in [5, 5.41) is 0. The van der Waals surface area contributed by atoms with Gasteiger partial charge in [-0.3, -0.25) is 0 Å². The molecule has 0 saturated heterocycles. The molecule has 1 aromatic carbocycles. The largest absolute Gasteiger partial charge is 0.330 e. The minimum absolute atomic E-state index is 0.144. The Morgan fingerprint density at radius 3 is 2.36 bits per heavy atom. The van der Waals surface area contributed by atoms with Crippen LogP contribution in [0.1, 0.15) is 23.1 Å². The van der Waals surface area contributed by atoms with E-state index in [1.54, 1.807) is 26.0 Å². The van der Waals surface area contributed by atoms with Crippen LogP contribution in [0, 0.1) is 31.5 Å². The molecule has 0 aliphatic heterocycles. The number of benzene rings is 1. The van der Waals surface area contributed by atoms with E-state index in [-0.39, 0.29) is 5.82 Å². The van der Waals surface area contributed by atoms with Crippen LogP contribution < -0.4 is 5.73 Å². The maximum atomic E-state index is 13.2. The van der Waals surface area contributed by atoms with Gasteiger partial charge in [0.05, 0.1) is 0 Å². The normalized spacial score (nSPS) is 9.43. The highest BCUT2D eigenvalue weighted by atomic mass is 19.1. The summed E-state index contributed by atoms with van der Waals surface area (Å²) in [6.45, 7) is 4.05. The molecule has 0 bridgehead atoms. The van der Waals surface area contributed by atoms with Crippen molar-refractivity contribution in [3.8, 4) is 11.8 Å². The average Bonchev–Trinajstić information content (AvgIpc) is 2.14. The molecule has 1 aromatic rings. The van der Waals surface area contributed by atoms with Crippen LogP contribution in [0.3, 0.4) is 0 Å². The molecule has 0 saturated carbocycles. The summed E-state index contributed by atoms with van der Waals surface area (Å²) >= 11 is 0. The highest BCUT2D eigenvalue weighted by Crippen LogP contribution is 2.13.